The minimum absolute atomic E-state index is 0.199. The van der Waals surface area contributed by atoms with Gasteiger partial charge in [0, 0.05) is 31.6 Å². The third-order valence-corrected chi connectivity index (χ3v) is 4.07. The lowest BCUT2D eigenvalue weighted by Crippen LogP contribution is -2.33. The predicted molar refractivity (Wildman–Crippen MR) is 85.3 cm³/mol. The fourth-order valence-electron chi connectivity index (χ4n) is 1.52. The summed E-state index contributed by atoms with van der Waals surface area (Å²) in [4.78, 5) is 12.9. The van der Waals surface area contributed by atoms with Crippen LogP contribution in [-0.4, -0.2) is 45.5 Å². The molecule has 1 amide bonds. The fourth-order valence-corrected chi connectivity index (χ4v) is 2.71. The number of hydrogen-bond donors (Lipinski definition) is 2. The lowest BCUT2D eigenvalue weighted by atomic mass is 10.2. The van der Waals surface area contributed by atoms with Crippen molar-refractivity contribution in [2.24, 2.45) is 0 Å². The van der Waals surface area contributed by atoms with Crippen molar-refractivity contribution in [3.8, 4) is 0 Å². The van der Waals surface area contributed by atoms with Gasteiger partial charge < -0.3 is 15.4 Å². The molecule has 20 heavy (non-hydrogen) atoms. The number of halogens is 2. The summed E-state index contributed by atoms with van der Waals surface area (Å²) < 4.78 is 4.91. The monoisotopic (exact) mass is 336 g/mol. The third-order valence-electron chi connectivity index (χ3n) is 2.56. The minimum Gasteiger partial charge on any atom is -0.383 e. The number of ether oxygens (including phenoxy) is 1. The van der Waals surface area contributed by atoms with Crippen LogP contribution in [0.3, 0.4) is 0 Å². The van der Waals surface area contributed by atoms with E-state index in [1.165, 1.54) is 11.8 Å². The maximum Gasteiger partial charge on any atom is 0.252 e. The Hall–Kier alpha value is -0.460. The van der Waals surface area contributed by atoms with Crippen LogP contribution >= 0.6 is 35.0 Å². The quantitative estimate of drug-likeness (QED) is 0.566. The molecule has 0 atom stereocenters. The molecule has 0 heterocycles. The minimum atomic E-state index is -0.199. The molecule has 0 saturated heterocycles. The number of rotatable bonds is 8. The second-order valence-corrected chi connectivity index (χ2v) is 5.63. The average molecular weight is 337 g/mol. The van der Waals surface area contributed by atoms with Crippen molar-refractivity contribution in [1.29, 1.82) is 0 Å². The summed E-state index contributed by atoms with van der Waals surface area (Å²) in [6.45, 7) is 2.60. The zero-order valence-electron chi connectivity index (χ0n) is 11.5. The van der Waals surface area contributed by atoms with Crippen molar-refractivity contribution in [3.05, 3.63) is 27.7 Å². The molecule has 1 rings (SSSR count). The molecule has 1 aromatic carbocycles. The van der Waals surface area contributed by atoms with Gasteiger partial charge >= 0.3 is 0 Å². The summed E-state index contributed by atoms with van der Waals surface area (Å²) >= 11 is 13.5. The summed E-state index contributed by atoms with van der Waals surface area (Å²) in [5.74, 6) is -0.199. The highest BCUT2D eigenvalue weighted by atomic mass is 35.5. The van der Waals surface area contributed by atoms with E-state index in [2.05, 4.69) is 10.6 Å². The summed E-state index contributed by atoms with van der Waals surface area (Å²) in [7, 11) is 1.65. The number of thioether (sulfide) groups is 1. The first-order valence-corrected chi connectivity index (χ1v) is 8.09. The highest BCUT2D eigenvalue weighted by molar-refractivity contribution is 7.98. The van der Waals surface area contributed by atoms with Crippen molar-refractivity contribution in [1.82, 2.24) is 10.6 Å². The zero-order chi connectivity index (χ0) is 15.0. The van der Waals surface area contributed by atoms with E-state index in [0.29, 0.717) is 35.3 Å². The summed E-state index contributed by atoms with van der Waals surface area (Å²) in [5, 5.41) is 6.86. The third kappa shape index (κ3) is 5.50. The number of carbonyl (C=O) groups excluding carboxylic acids is 1. The average Bonchev–Trinajstić information content (AvgIpc) is 2.42. The number of methoxy groups -OCH3 is 1. The molecule has 1 aromatic rings. The molecule has 4 nitrogen and oxygen atoms in total. The number of amides is 1. The van der Waals surface area contributed by atoms with Gasteiger partial charge in [-0.3, -0.25) is 4.79 Å². The standard InChI is InChI=1S/C13H18Cl2N2O2S/c1-19-6-5-16-3-4-17-13(18)9-7-12(20-2)11(15)8-10(9)14/h7-8,16H,3-6H2,1-2H3,(H,17,18). The Morgan fingerprint density at radius 2 is 2.00 bits per heavy atom. The van der Waals surface area contributed by atoms with Gasteiger partial charge in [0.15, 0.2) is 0 Å². The molecular formula is C13H18Cl2N2O2S. The molecule has 0 aromatic heterocycles. The van der Waals surface area contributed by atoms with E-state index in [-0.39, 0.29) is 5.91 Å². The van der Waals surface area contributed by atoms with Crippen molar-refractivity contribution >= 4 is 40.9 Å². The molecule has 0 aliphatic carbocycles. The van der Waals surface area contributed by atoms with Gasteiger partial charge in [0.05, 0.1) is 22.2 Å². The molecule has 0 unspecified atom stereocenters. The SMILES string of the molecule is COCCNCCNC(=O)c1cc(SC)c(Cl)cc1Cl. The Morgan fingerprint density at radius 1 is 1.25 bits per heavy atom. The normalized spacial score (nSPS) is 10.6. The Labute approximate surface area is 133 Å². The van der Waals surface area contributed by atoms with Crippen molar-refractivity contribution in [2.45, 2.75) is 4.90 Å². The molecule has 0 bridgehead atoms. The summed E-state index contributed by atoms with van der Waals surface area (Å²) in [6.07, 6.45) is 1.90. The Balaban J connectivity index is 2.51. The molecule has 7 heteroatoms. The number of carbonyl (C=O) groups is 1. The predicted octanol–water partition coefficient (Wildman–Crippen LogP) is 2.68. The lowest BCUT2D eigenvalue weighted by Gasteiger charge is -2.10. The van der Waals surface area contributed by atoms with E-state index in [9.17, 15) is 4.79 Å². The molecule has 0 radical (unpaired) electrons. The van der Waals surface area contributed by atoms with Crippen LogP contribution in [0.4, 0.5) is 0 Å². The van der Waals surface area contributed by atoms with Crippen LogP contribution in [0.5, 0.6) is 0 Å². The van der Waals surface area contributed by atoms with Crippen LogP contribution < -0.4 is 10.6 Å². The first-order chi connectivity index (χ1) is 9.60. The maximum atomic E-state index is 12.0. The highest BCUT2D eigenvalue weighted by Gasteiger charge is 2.13. The molecule has 0 aliphatic rings. The van der Waals surface area contributed by atoms with Gasteiger partial charge in [-0.2, -0.15) is 0 Å². The van der Waals surface area contributed by atoms with Gasteiger partial charge in [0.2, 0.25) is 0 Å². The summed E-state index contributed by atoms with van der Waals surface area (Å²) in [6, 6.07) is 3.31. The maximum absolute atomic E-state index is 12.0. The zero-order valence-corrected chi connectivity index (χ0v) is 13.8. The molecule has 0 spiro atoms. The molecule has 0 saturated carbocycles. The van der Waals surface area contributed by atoms with E-state index in [4.69, 9.17) is 27.9 Å². The van der Waals surface area contributed by atoms with Gasteiger partial charge in [0.1, 0.15) is 0 Å². The van der Waals surface area contributed by atoms with E-state index < -0.39 is 0 Å². The molecule has 112 valence electrons. The van der Waals surface area contributed by atoms with Gasteiger partial charge in [-0.15, -0.1) is 11.8 Å². The molecule has 0 fully saturated rings. The molecule has 2 N–H and O–H groups in total. The first kappa shape index (κ1) is 17.6. The second-order valence-electron chi connectivity index (χ2n) is 3.97. The van der Waals surface area contributed by atoms with Gasteiger partial charge in [-0.05, 0) is 18.4 Å². The van der Waals surface area contributed by atoms with Crippen LogP contribution in [0.15, 0.2) is 17.0 Å². The molecular weight excluding hydrogens is 319 g/mol. The Bertz CT molecular complexity index is 458. The Kier molecular flexibility index (Phi) is 8.33. The lowest BCUT2D eigenvalue weighted by molar-refractivity contribution is 0.0953. The summed E-state index contributed by atoms with van der Waals surface area (Å²) in [5.41, 5.74) is 0.442. The van der Waals surface area contributed by atoms with Gasteiger partial charge in [-0.1, -0.05) is 23.2 Å². The van der Waals surface area contributed by atoms with Crippen LogP contribution in [0.25, 0.3) is 0 Å². The number of hydrogen-bond acceptors (Lipinski definition) is 4. The van der Waals surface area contributed by atoms with Crippen molar-refractivity contribution < 1.29 is 9.53 Å². The van der Waals surface area contributed by atoms with Crippen LogP contribution in [-0.2, 0) is 4.74 Å². The first-order valence-electron chi connectivity index (χ1n) is 6.11. The largest absolute Gasteiger partial charge is 0.383 e. The highest BCUT2D eigenvalue weighted by Crippen LogP contribution is 2.31. The fraction of sp³-hybridized carbons (Fsp3) is 0.462. The van der Waals surface area contributed by atoms with E-state index in [1.807, 2.05) is 6.26 Å². The number of benzene rings is 1. The van der Waals surface area contributed by atoms with Gasteiger partial charge in [-0.25, -0.2) is 0 Å². The van der Waals surface area contributed by atoms with Gasteiger partial charge in [0.25, 0.3) is 5.91 Å². The van der Waals surface area contributed by atoms with Crippen molar-refractivity contribution in [2.75, 3.05) is 39.6 Å². The van der Waals surface area contributed by atoms with Crippen LogP contribution in [0.1, 0.15) is 10.4 Å². The van der Waals surface area contributed by atoms with E-state index >= 15 is 0 Å². The van der Waals surface area contributed by atoms with Crippen LogP contribution in [0, 0.1) is 0 Å². The van der Waals surface area contributed by atoms with Crippen molar-refractivity contribution in [3.63, 3.8) is 0 Å². The van der Waals surface area contributed by atoms with E-state index in [1.54, 1.807) is 19.2 Å². The smallest absolute Gasteiger partial charge is 0.252 e. The second kappa shape index (κ2) is 9.47. The number of nitrogens with one attached hydrogen (secondary N) is 2. The topological polar surface area (TPSA) is 50.4 Å². The Morgan fingerprint density at radius 3 is 2.65 bits per heavy atom. The van der Waals surface area contributed by atoms with E-state index in [0.717, 1.165) is 11.4 Å². The van der Waals surface area contributed by atoms with Crippen LogP contribution in [0.2, 0.25) is 10.0 Å². The molecule has 0 aliphatic heterocycles.